The van der Waals surface area contributed by atoms with Crippen molar-refractivity contribution < 1.29 is 13.5 Å². The molecule has 112 valence electrons. The van der Waals surface area contributed by atoms with E-state index >= 15 is 0 Å². The van der Waals surface area contributed by atoms with Gasteiger partial charge in [0.15, 0.2) is 9.84 Å². The van der Waals surface area contributed by atoms with Gasteiger partial charge >= 0.3 is 0 Å². The van der Waals surface area contributed by atoms with Crippen LogP contribution in [0.4, 0.5) is 0 Å². The van der Waals surface area contributed by atoms with Gasteiger partial charge in [0, 0.05) is 0 Å². The number of hydrogen-bond donors (Lipinski definition) is 1. The van der Waals surface area contributed by atoms with E-state index in [1.807, 2.05) is 26.0 Å². The first-order valence-corrected chi connectivity index (χ1v) is 8.97. The number of aryl methyl sites for hydroxylation is 2. The normalized spacial score (nSPS) is 24.9. The standard InChI is InChI=1S/C16H24O3S/c1-12-9-10-15(13(2)11-12)20(18,19)16-8-6-4-3-5-7-14(16)17/h9-11,14,16-17H,3-8H2,1-2H3. The number of aliphatic hydroxyl groups is 1. The summed E-state index contributed by atoms with van der Waals surface area (Å²) in [7, 11) is -3.45. The molecule has 1 fully saturated rings. The van der Waals surface area contributed by atoms with Crippen LogP contribution in [0, 0.1) is 13.8 Å². The third kappa shape index (κ3) is 3.23. The Morgan fingerprint density at radius 3 is 2.35 bits per heavy atom. The Bertz CT molecular complexity index is 563. The first kappa shape index (κ1) is 15.5. The van der Waals surface area contributed by atoms with Gasteiger partial charge in [0.05, 0.1) is 16.2 Å². The fourth-order valence-electron chi connectivity index (χ4n) is 3.07. The molecule has 4 heteroatoms. The van der Waals surface area contributed by atoms with Crippen molar-refractivity contribution in [2.45, 2.75) is 68.6 Å². The van der Waals surface area contributed by atoms with Crippen LogP contribution in [0.2, 0.25) is 0 Å². The highest BCUT2D eigenvalue weighted by Gasteiger charge is 2.34. The van der Waals surface area contributed by atoms with Crippen molar-refractivity contribution in [2.75, 3.05) is 0 Å². The van der Waals surface area contributed by atoms with Crippen molar-refractivity contribution in [3.05, 3.63) is 29.3 Å². The highest BCUT2D eigenvalue weighted by atomic mass is 32.2. The van der Waals surface area contributed by atoms with Gasteiger partial charge in [0.2, 0.25) is 0 Å². The van der Waals surface area contributed by atoms with Crippen LogP contribution in [0.25, 0.3) is 0 Å². The van der Waals surface area contributed by atoms with E-state index in [-0.39, 0.29) is 0 Å². The fraction of sp³-hybridized carbons (Fsp3) is 0.625. The molecule has 2 unspecified atom stereocenters. The van der Waals surface area contributed by atoms with E-state index in [4.69, 9.17) is 0 Å². The number of sulfone groups is 1. The van der Waals surface area contributed by atoms with E-state index < -0.39 is 21.2 Å². The molecule has 2 atom stereocenters. The van der Waals surface area contributed by atoms with Crippen molar-refractivity contribution in [1.82, 2.24) is 0 Å². The molecule has 20 heavy (non-hydrogen) atoms. The Hall–Kier alpha value is -0.870. The third-order valence-corrected chi connectivity index (χ3v) is 6.62. The zero-order valence-electron chi connectivity index (χ0n) is 12.3. The van der Waals surface area contributed by atoms with E-state index in [1.165, 1.54) is 0 Å². The molecule has 1 aromatic carbocycles. The summed E-state index contributed by atoms with van der Waals surface area (Å²) in [5.74, 6) is 0. The summed E-state index contributed by atoms with van der Waals surface area (Å²) in [4.78, 5) is 0.382. The first-order valence-electron chi connectivity index (χ1n) is 7.42. The SMILES string of the molecule is Cc1ccc(S(=O)(=O)C2CCCCCCC2O)c(C)c1. The molecule has 2 rings (SSSR count). The first-order chi connectivity index (χ1) is 9.43. The Morgan fingerprint density at radius 1 is 1.05 bits per heavy atom. The lowest BCUT2D eigenvalue weighted by molar-refractivity contribution is 0.144. The minimum absolute atomic E-state index is 0.382. The number of aliphatic hydroxyl groups excluding tert-OH is 1. The lowest BCUT2D eigenvalue weighted by atomic mass is 9.98. The maximum Gasteiger partial charge on any atom is 0.184 e. The van der Waals surface area contributed by atoms with Gasteiger partial charge in [0.1, 0.15) is 0 Å². The van der Waals surface area contributed by atoms with Crippen molar-refractivity contribution in [1.29, 1.82) is 0 Å². The van der Waals surface area contributed by atoms with E-state index in [0.29, 0.717) is 17.7 Å². The van der Waals surface area contributed by atoms with E-state index in [0.717, 1.165) is 36.8 Å². The minimum atomic E-state index is -3.45. The quantitative estimate of drug-likeness (QED) is 0.912. The molecule has 1 saturated carbocycles. The summed E-state index contributed by atoms with van der Waals surface area (Å²) >= 11 is 0. The molecule has 1 aromatic rings. The topological polar surface area (TPSA) is 54.4 Å². The van der Waals surface area contributed by atoms with Gasteiger partial charge in [0.25, 0.3) is 0 Å². The summed E-state index contributed by atoms with van der Waals surface area (Å²) in [5.41, 5.74) is 1.83. The molecule has 0 heterocycles. The van der Waals surface area contributed by atoms with Crippen LogP contribution in [0.5, 0.6) is 0 Å². The molecule has 0 radical (unpaired) electrons. The highest BCUT2D eigenvalue weighted by molar-refractivity contribution is 7.92. The van der Waals surface area contributed by atoms with E-state index in [1.54, 1.807) is 6.07 Å². The molecule has 3 nitrogen and oxygen atoms in total. The zero-order valence-corrected chi connectivity index (χ0v) is 13.1. The van der Waals surface area contributed by atoms with Gasteiger partial charge in [-0.3, -0.25) is 0 Å². The Kier molecular flexibility index (Phi) is 4.86. The average Bonchev–Trinajstić information content (AvgIpc) is 2.33. The second-order valence-electron chi connectivity index (χ2n) is 5.91. The van der Waals surface area contributed by atoms with Crippen LogP contribution in [-0.2, 0) is 9.84 Å². The number of hydrogen-bond acceptors (Lipinski definition) is 3. The predicted molar refractivity (Wildman–Crippen MR) is 80.6 cm³/mol. The smallest absolute Gasteiger partial charge is 0.184 e. The van der Waals surface area contributed by atoms with E-state index in [2.05, 4.69) is 0 Å². The molecular weight excluding hydrogens is 272 g/mol. The average molecular weight is 296 g/mol. The summed E-state index contributed by atoms with van der Waals surface area (Å²) < 4.78 is 25.7. The van der Waals surface area contributed by atoms with Crippen molar-refractivity contribution in [3.8, 4) is 0 Å². The molecule has 0 bridgehead atoms. The van der Waals surface area contributed by atoms with Crippen LogP contribution in [0.15, 0.2) is 23.1 Å². The Morgan fingerprint density at radius 2 is 1.70 bits per heavy atom. The summed E-state index contributed by atoms with van der Waals surface area (Å²) in [6, 6.07) is 5.41. The lowest BCUT2D eigenvalue weighted by Gasteiger charge is -2.26. The van der Waals surface area contributed by atoms with Crippen LogP contribution >= 0.6 is 0 Å². The van der Waals surface area contributed by atoms with Crippen molar-refractivity contribution in [2.24, 2.45) is 0 Å². The maximum atomic E-state index is 12.8. The maximum absolute atomic E-state index is 12.8. The second-order valence-corrected chi connectivity index (χ2v) is 8.05. The predicted octanol–water partition coefficient (Wildman–Crippen LogP) is 3.16. The van der Waals surface area contributed by atoms with Crippen LogP contribution in [0.3, 0.4) is 0 Å². The Labute approximate surface area is 121 Å². The second kappa shape index (κ2) is 6.27. The monoisotopic (exact) mass is 296 g/mol. The molecule has 0 aromatic heterocycles. The van der Waals surface area contributed by atoms with Gasteiger partial charge in [-0.1, -0.05) is 43.4 Å². The largest absolute Gasteiger partial charge is 0.392 e. The molecule has 0 aliphatic heterocycles. The third-order valence-electron chi connectivity index (χ3n) is 4.20. The van der Waals surface area contributed by atoms with Gasteiger partial charge < -0.3 is 5.11 Å². The summed E-state index contributed by atoms with van der Waals surface area (Å²) in [6.45, 7) is 3.78. The molecule has 1 aliphatic carbocycles. The van der Waals surface area contributed by atoms with E-state index in [9.17, 15) is 13.5 Å². The van der Waals surface area contributed by atoms with Crippen LogP contribution in [-0.4, -0.2) is 24.9 Å². The zero-order chi connectivity index (χ0) is 14.8. The Balaban J connectivity index is 2.36. The fourth-order valence-corrected chi connectivity index (χ4v) is 5.19. The van der Waals surface area contributed by atoms with Crippen molar-refractivity contribution >= 4 is 9.84 Å². The van der Waals surface area contributed by atoms with Gasteiger partial charge in [-0.05, 0) is 38.3 Å². The van der Waals surface area contributed by atoms with Gasteiger partial charge in [-0.25, -0.2) is 8.42 Å². The lowest BCUT2D eigenvalue weighted by Crippen LogP contribution is -2.35. The minimum Gasteiger partial charge on any atom is -0.392 e. The summed E-state index contributed by atoms with van der Waals surface area (Å²) in [6.07, 6.45) is 4.37. The van der Waals surface area contributed by atoms with Crippen LogP contribution in [0.1, 0.15) is 49.7 Å². The highest BCUT2D eigenvalue weighted by Crippen LogP contribution is 2.29. The molecule has 0 amide bonds. The van der Waals surface area contributed by atoms with Crippen LogP contribution < -0.4 is 0 Å². The van der Waals surface area contributed by atoms with Gasteiger partial charge in [-0.15, -0.1) is 0 Å². The molecule has 1 N–H and O–H groups in total. The molecule has 1 aliphatic rings. The molecule has 0 spiro atoms. The number of benzene rings is 1. The van der Waals surface area contributed by atoms with Crippen molar-refractivity contribution in [3.63, 3.8) is 0 Å². The summed E-state index contributed by atoms with van der Waals surface area (Å²) in [5, 5.41) is 9.59. The van der Waals surface area contributed by atoms with Gasteiger partial charge in [-0.2, -0.15) is 0 Å². The molecular formula is C16H24O3S. The number of rotatable bonds is 2. The molecule has 0 saturated heterocycles.